The molecule has 0 spiro atoms. The first-order valence-electron chi connectivity index (χ1n) is 12.6. The van der Waals surface area contributed by atoms with E-state index in [1.54, 1.807) is 20.0 Å². The summed E-state index contributed by atoms with van der Waals surface area (Å²) in [5, 5.41) is 27.0. The molecular formula is C26H33N7O7. The molecule has 0 aliphatic heterocycles. The summed E-state index contributed by atoms with van der Waals surface area (Å²) >= 11 is 0. The third-order valence-electron chi connectivity index (χ3n) is 6.30. The summed E-state index contributed by atoms with van der Waals surface area (Å²) < 4.78 is 0. The predicted molar refractivity (Wildman–Crippen MR) is 143 cm³/mol. The van der Waals surface area contributed by atoms with Crippen molar-refractivity contribution in [2.75, 3.05) is 0 Å². The fourth-order valence-electron chi connectivity index (χ4n) is 4.16. The van der Waals surface area contributed by atoms with Gasteiger partial charge in [0.1, 0.15) is 18.1 Å². The van der Waals surface area contributed by atoms with E-state index in [-0.39, 0.29) is 12.8 Å². The summed E-state index contributed by atoms with van der Waals surface area (Å²) in [6.07, 6.45) is 3.84. The number of carboxylic acid groups (broad SMARTS) is 2. The maximum absolute atomic E-state index is 13.4. The Labute approximate surface area is 229 Å². The summed E-state index contributed by atoms with van der Waals surface area (Å²) in [6, 6.07) is 2.29. The van der Waals surface area contributed by atoms with Gasteiger partial charge in [-0.05, 0) is 17.5 Å². The molecule has 0 aliphatic rings. The number of fused-ring (bicyclic) bond motifs is 1. The molecule has 3 amide bonds. The van der Waals surface area contributed by atoms with Crippen molar-refractivity contribution in [2.45, 2.75) is 57.3 Å². The molecule has 14 nitrogen and oxygen atoms in total. The Hall–Kier alpha value is -4.72. The molecule has 214 valence electrons. The Morgan fingerprint density at radius 2 is 1.62 bits per heavy atom. The molecule has 9 N–H and O–H groups in total. The lowest BCUT2D eigenvalue weighted by Gasteiger charge is -2.27. The molecule has 0 saturated heterocycles. The molecule has 2 heterocycles. The van der Waals surface area contributed by atoms with Gasteiger partial charge in [0, 0.05) is 41.8 Å². The van der Waals surface area contributed by atoms with E-state index in [4.69, 9.17) is 10.8 Å². The number of carboxylic acids is 2. The molecule has 3 aromatic rings. The second kappa shape index (κ2) is 13.4. The molecule has 0 radical (unpaired) electrons. The second-order valence-electron chi connectivity index (χ2n) is 9.74. The Balaban J connectivity index is 1.84. The third kappa shape index (κ3) is 7.89. The van der Waals surface area contributed by atoms with Crippen LogP contribution in [0.3, 0.4) is 0 Å². The Kier molecular flexibility index (Phi) is 9.97. The minimum absolute atomic E-state index is 0.00920. The van der Waals surface area contributed by atoms with E-state index in [9.17, 15) is 29.1 Å². The van der Waals surface area contributed by atoms with Gasteiger partial charge < -0.3 is 41.9 Å². The van der Waals surface area contributed by atoms with Gasteiger partial charge in [-0.3, -0.25) is 19.2 Å². The number of nitrogens with one attached hydrogen (secondary N) is 5. The minimum atomic E-state index is -1.38. The first kappa shape index (κ1) is 29.8. The van der Waals surface area contributed by atoms with E-state index >= 15 is 0 Å². The number of amides is 3. The maximum Gasteiger partial charge on any atom is 0.326 e. The van der Waals surface area contributed by atoms with E-state index in [1.165, 1.54) is 12.5 Å². The zero-order chi connectivity index (χ0) is 29.4. The minimum Gasteiger partial charge on any atom is -0.481 e. The molecule has 0 aliphatic carbocycles. The number of hydrogen-bond donors (Lipinski definition) is 8. The van der Waals surface area contributed by atoms with Crippen LogP contribution in [0.4, 0.5) is 0 Å². The van der Waals surface area contributed by atoms with Crippen LogP contribution in [0, 0.1) is 5.92 Å². The van der Waals surface area contributed by atoms with Crippen molar-refractivity contribution in [2.24, 2.45) is 11.7 Å². The van der Waals surface area contributed by atoms with Gasteiger partial charge in [0.15, 0.2) is 0 Å². The topological polar surface area (TPSA) is 232 Å². The summed E-state index contributed by atoms with van der Waals surface area (Å²) in [7, 11) is 0. The first-order valence-corrected chi connectivity index (χ1v) is 12.6. The van der Waals surface area contributed by atoms with Gasteiger partial charge in [0.2, 0.25) is 17.7 Å². The highest BCUT2D eigenvalue weighted by Crippen LogP contribution is 2.19. The second-order valence-corrected chi connectivity index (χ2v) is 9.74. The summed E-state index contributed by atoms with van der Waals surface area (Å²) in [6.45, 7) is 3.32. The fraction of sp³-hybridized carbons (Fsp3) is 0.385. The number of aromatic amines is 2. The van der Waals surface area contributed by atoms with Crippen molar-refractivity contribution in [1.29, 1.82) is 0 Å². The Morgan fingerprint density at radius 3 is 2.25 bits per heavy atom. The van der Waals surface area contributed by atoms with Crippen LogP contribution in [0.5, 0.6) is 0 Å². The Bertz CT molecular complexity index is 1350. The van der Waals surface area contributed by atoms with Crippen LogP contribution in [0.25, 0.3) is 10.9 Å². The molecule has 14 heteroatoms. The molecule has 1 aromatic carbocycles. The normalized spacial score (nSPS) is 14.2. The van der Waals surface area contributed by atoms with Gasteiger partial charge in [0.25, 0.3) is 0 Å². The van der Waals surface area contributed by atoms with E-state index < -0.39 is 66.2 Å². The number of benzene rings is 1. The van der Waals surface area contributed by atoms with Crippen LogP contribution in [0.15, 0.2) is 43.0 Å². The van der Waals surface area contributed by atoms with Crippen molar-refractivity contribution >= 4 is 40.6 Å². The van der Waals surface area contributed by atoms with Crippen molar-refractivity contribution in [3.63, 3.8) is 0 Å². The van der Waals surface area contributed by atoms with Crippen LogP contribution in [-0.4, -0.2) is 79.0 Å². The lowest BCUT2D eigenvalue weighted by Crippen LogP contribution is -2.59. The SMILES string of the molecule is CC(C)C(NC(=O)C(N)CC(=O)O)C(=O)NC(Cc1c[nH]c2ccccc12)C(=O)NC(Cc1cnc[nH]1)C(=O)O. The highest BCUT2D eigenvalue weighted by Gasteiger charge is 2.32. The van der Waals surface area contributed by atoms with Gasteiger partial charge in [-0.25, -0.2) is 9.78 Å². The number of aromatic nitrogens is 3. The number of aliphatic carboxylic acids is 2. The third-order valence-corrected chi connectivity index (χ3v) is 6.30. The van der Waals surface area contributed by atoms with E-state index in [0.717, 1.165) is 10.9 Å². The number of para-hydroxylation sites is 1. The number of hydrogen-bond acceptors (Lipinski definition) is 7. The molecule has 40 heavy (non-hydrogen) atoms. The van der Waals surface area contributed by atoms with E-state index in [1.807, 2.05) is 24.3 Å². The lowest BCUT2D eigenvalue weighted by atomic mass is 9.99. The van der Waals surface area contributed by atoms with Gasteiger partial charge >= 0.3 is 11.9 Å². The number of nitrogens with zero attached hydrogens (tertiary/aromatic N) is 1. The number of rotatable bonds is 14. The zero-order valence-corrected chi connectivity index (χ0v) is 22.0. The van der Waals surface area contributed by atoms with Crippen molar-refractivity contribution < 1.29 is 34.2 Å². The number of nitrogens with two attached hydrogens (primary N) is 1. The molecule has 0 fully saturated rings. The fourth-order valence-corrected chi connectivity index (χ4v) is 4.16. The Morgan fingerprint density at radius 1 is 0.925 bits per heavy atom. The average molecular weight is 556 g/mol. The van der Waals surface area contributed by atoms with Crippen molar-refractivity contribution in [3.05, 3.63) is 54.2 Å². The van der Waals surface area contributed by atoms with Crippen molar-refractivity contribution in [3.8, 4) is 0 Å². The molecule has 0 saturated carbocycles. The van der Waals surface area contributed by atoms with Crippen LogP contribution in [0.2, 0.25) is 0 Å². The first-order chi connectivity index (χ1) is 19.0. The number of carbonyl (C=O) groups is 5. The monoisotopic (exact) mass is 555 g/mol. The van der Waals surface area contributed by atoms with Gasteiger partial charge in [0.05, 0.1) is 18.8 Å². The quantitative estimate of drug-likeness (QED) is 0.130. The van der Waals surface area contributed by atoms with E-state index in [2.05, 4.69) is 30.9 Å². The standard InChI is InChI=1S/C26H33N7O7/c1-13(2)22(33-23(36)17(27)9-21(34)35)25(38)31-19(7-14-10-29-18-6-4-3-5-16(14)18)24(37)32-20(26(39)40)8-15-11-28-12-30-15/h3-6,10-13,17,19-20,22,29H,7-9,27H2,1-2H3,(H,28,30)(H,31,38)(H,32,37)(H,33,36)(H,34,35)(H,39,40). The summed E-state index contributed by atoms with van der Waals surface area (Å²) in [4.78, 5) is 71.8. The van der Waals surface area contributed by atoms with Gasteiger partial charge in [-0.2, -0.15) is 0 Å². The van der Waals surface area contributed by atoms with Gasteiger partial charge in [-0.1, -0.05) is 32.0 Å². The highest BCUT2D eigenvalue weighted by molar-refractivity contribution is 5.95. The zero-order valence-electron chi connectivity index (χ0n) is 22.0. The smallest absolute Gasteiger partial charge is 0.326 e. The van der Waals surface area contributed by atoms with Crippen LogP contribution in [0.1, 0.15) is 31.5 Å². The average Bonchev–Trinajstić information content (AvgIpc) is 3.55. The van der Waals surface area contributed by atoms with Crippen LogP contribution < -0.4 is 21.7 Å². The molecule has 2 aromatic heterocycles. The van der Waals surface area contributed by atoms with Crippen LogP contribution >= 0.6 is 0 Å². The molecule has 4 unspecified atom stereocenters. The van der Waals surface area contributed by atoms with Gasteiger partial charge in [-0.15, -0.1) is 0 Å². The maximum atomic E-state index is 13.4. The molecule has 4 atom stereocenters. The van der Waals surface area contributed by atoms with Crippen LogP contribution in [-0.2, 0) is 36.8 Å². The lowest BCUT2D eigenvalue weighted by molar-refractivity contribution is -0.142. The highest BCUT2D eigenvalue weighted by atomic mass is 16.4. The number of H-pyrrole nitrogens is 2. The largest absolute Gasteiger partial charge is 0.481 e. The predicted octanol–water partition coefficient (Wildman–Crippen LogP) is -0.327. The molecule has 0 bridgehead atoms. The number of carbonyl (C=O) groups excluding carboxylic acids is 3. The number of imidazole rings is 1. The molecule has 3 rings (SSSR count). The van der Waals surface area contributed by atoms with E-state index in [0.29, 0.717) is 11.3 Å². The summed E-state index contributed by atoms with van der Waals surface area (Å²) in [5.74, 6) is -5.30. The molecular weight excluding hydrogens is 522 g/mol. The van der Waals surface area contributed by atoms with Crippen molar-refractivity contribution in [1.82, 2.24) is 30.9 Å². The summed E-state index contributed by atoms with van der Waals surface area (Å²) in [5.41, 5.74) is 7.64.